The number of aliphatic hydroxyl groups excluding tert-OH is 4. The zero-order valence-corrected chi connectivity index (χ0v) is 52.5. The lowest BCUT2D eigenvalue weighted by atomic mass is 9.42. The molecule has 0 amide bonds. The molecule has 10 rings (SSSR count). The number of carbonyl (C=O) groups is 2. The summed E-state index contributed by atoms with van der Waals surface area (Å²) in [4.78, 5) is 27.0. The fourth-order valence-corrected chi connectivity index (χ4v) is 16.5. The van der Waals surface area contributed by atoms with E-state index in [1.807, 2.05) is 57.2 Å². The van der Waals surface area contributed by atoms with Crippen molar-refractivity contribution in [2.45, 2.75) is 277 Å². The fourth-order valence-electron chi connectivity index (χ4n) is 16.5. The average molecular weight is 1250 g/mol. The first kappa shape index (κ1) is 67.9. The van der Waals surface area contributed by atoms with Crippen molar-refractivity contribution in [2.24, 2.45) is 16.7 Å². The normalized spacial score (nSPS) is 48.9. The third-order valence-corrected chi connectivity index (χ3v) is 21.7. The van der Waals surface area contributed by atoms with Crippen molar-refractivity contribution < 1.29 is 116 Å². The molecule has 24 nitrogen and oxygen atoms in total. The highest BCUT2D eigenvalue weighted by molar-refractivity contribution is 5.88. The lowest BCUT2D eigenvalue weighted by Gasteiger charge is -2.67. The van der Waals surface area contributed by atoms with Crippen LogP contribution in [0, 0.1) is 16.7 Å². The van der Waals surface area contributed by atoms with E-state index < -0.39 is 187 Å². The van der Waals surface area contributed by atoms with Crippen LogP contribution in [0.15, 0.2) is 48.1 Å². The molecular formula is C64H96O24. The number of aliphatic hydroxyl groups is 7. The van der Waals surface area contributed by atoms with E-state index in [2.05, 4.69) is 6.92 Å². The van der Waals surface area contributed by atoms with Gasteiger partial charge < -0.3 is 107 Å². The van der Waals surface area contributed by atoms with Gasteiger partial charge in [0.15, 0.2) is 37.2 Å². The molecule has 24 heteroatoms. The lowest BCUT2D eigenvalue weighted by Crippen LogP contribution is -2.78. The van der Waals surface area contributed by atoms with Gasteiger partial charge >= 0.3 is 5.97 Å². The van der Waals surface area contributed by atoms with E-state index in [9.17, 15) is 45.3 Å². The smallest absolute Gasteiger partial charge is 0.331 e. The molecule has 5 aliphatic heterocycles. The Balaban J connectivity index is 0.723. The number of hydrogen-bond acceptors (Lipinski definition) is 24. The molecular weight excluding hydrogens is 1150 g/mol. The summed E-state index contributed by atoms with van der Waals surface area (Å²) in [6.45, 7) is 11.8. The Morgan fingerprint density at radius 3 is 1.59 bits per heavy atom. The van der Waals surface area contributed by atoms with Crippen LogP contribution in [0.25, 0.3) is 6.08 Å². The van der Waals surface area contributed by atoms with Crippen LogP contribution in [0.2, 0.25) is 0 Å². The van der Waals surface area contributed by atoms with Crippen molar-refractivity contribution in [3.05, 3.63) is 53.6 Å². The van der Waals surface area contributed by atoms with E-state index in [1.54, 1.807) is 41.3 Å². The third-order valence-electron chi connectivity index (χ3n) is 21.7. The van der Waals surface area contributed by atoms with E-state index in [0.717, 1.165) is 11.1 Å². The average Bonchev–Trinajstić information content (AvgIpc) is 1.36. The first-order valence-corrected chi connectivity index (χ1v) is 31.4. The molecule has 5 heterocycles. The molecule has 7 N–H and O–H groups in total. The number of benzene rings is 1. The quantitative estimate of drug-likeness (QED) is 0.0595. The molecule has 0 aromatic heterocycles. The number of fused-ring (bicyclic) bond motifs is 5. The Labute approximate surface area is 515 Å². The van der Waals surface area contributed by atoms with Crippen LogP contribution in [-0.4, -0.2) is 241 Å². The molecule has 9 aliphatic rings. The van der Waals surface area contributed by atoms with Gasteiger partial charge in [0.25, 0.3) is 0 Å². The number of esters is 1. The molecule has 5 saturated heterocycles. The molecule has 496 valence electrons. The van der Waals surface area contributed by atoms with E-state index in [-0.39, 0.29) is 38.2 Å². The van der Waals surface area contributed by atoms with Gasteiger partial charge in [-0.1, -0.05) is 48.9 Å². The standard InChI is InChI=1S/C64H96O24/c1-32-55(85-49-27-41(75-9)56(33(2)79-49)86-50-28-42(76-10)57(34(3)80-50)87-51-29-43(77-11)58(35(4)81-51)88-59-54(70)53(69)52(68)44(31-65)83-59)40(74-8)26-48(78-32)82-39-20-21-60(6)38(25-39)19-22-63(72)45(60)30-46(84-47(67)18-17-37-15-13-12-14-16-37)61(7)62(71,36(5)66)23-24-64(61,63)73/h12-19,32-35,39-46,48-59,65,68-73H,20-31H2,1-11H3/t32-,33-,34-,35-,39+,40+,41-,42-,43-,44-,45-,46-,48+,49+,50+,51+,52-,53+,54-,55-,56-,57-,58-,59+,60+,61-,62-,63+,64-/m1/s1. The van der Waals surface area contributed by atoms with E-state index in [1.165, 1.54) is 20.1 Å². The van der Waals surface area contributed by atoms with E-state index in [0.29, 0.717) is 38.5 Å². The Morgan fingerprint density at radius 1 is 0.625 bits per heavy atom. The van der Waals surface area contributed by atoms with Crippen molar-refractivity contribution in [3.63, 3.8) is 0 Å². The number of Topliss-reactive ketones (excluding diaryl/α,β-unsaturated/α-hetero) is 1. The van der Waals surface area contributed by atoms with Crippen molar-refractivity contribution >= 4 is 17.8 Å². The second-order valence-electron chi connectivity index (χ2n) is 26.4. The van der Waals surface area contributed by atoms with E-state index in [4.69, 9.17) is 71.1 Å². The highest BCUT2D eigenvalue weighted by atomic mass is 16.8. The van der Waals surface area contributed by atoms with Crippen molar-refractivity contribution in [1.29, 1.82) is 0 Å². The lowest BCUT2D eigenvalue weighted by molar-refractivity contribution is -0.358. The Hall–Kier alpha value is -3.00. The fraction of sp³-hybridized carbons (Fsp3) is 0.812. The summed E-state index contributed by atoms with van der Waals surface area (Å²) in [5.74, 6) is -1.84. The highest BCUT2D eigenvalue weighted by Gasteiger charge is 2.81. The van der Waals surface area contributed by atoms with Gasteiger partial charge in [-0.2, -0.15) is 0 Å². The minimum Gasteiger partial charge on any atom is -0.458 e. The Morgan fingerprint density at radius 2 is 1.11 bits per heavy atom. The maximum Gasteiger partial charge on any atom is 0.331 e. The molecule has 1 aromatic rings. The van der Waals surface area contributed by atoms with Crippen LogP contribution in [0.3, 0.4) is 0 Å². The molecule has 0 unspecified atom stereocenters. The first-order chi connectivity index (χ1) is 41.8. The van der Waals surface area contributed by atoms with Gasteiger partial charge in [0.05, 0.1) is 67.0 Å². The minimum absolute atomic E-state index is 0.0639. The van der Waals surface area contributed by atoms with Gasteiger partial charge in [0.2, 0.25) is 0 Å². The van der Waals surface area contributed by atoms with Gasteiger partial charge in [-0.05, 0) is 104 Å². The Bertz CT molecular complexity index is 2590. The van der Waals surface area contributed by atoms with Crippen molar-refractivity contribution in [1.82, 2.24) is 0 Å². The molecule has 0 bridgehead atoms. The number of hydrogen-bond donors (Lipinski definition) is 7. The summed E-state index contributed by atoms with van der Waals surface area (Å²) in [5.41, 5.74) is -6.36. The third kappa shape index (κ3) is 12.4. The summed E-state index contributed by atoms with van der Waals surface area (Å²) in [5, 5.41) is 79.2. The highest BCUT2D eigenvalue weighted by Crippen LogP contribution is 2.71. The number of methoxy groups -OCH3 is 4. The topological polar surface area (TPSA) is 314 Å². The maximum absolute atomic E-state index is 13.7. The predicted octanol–water partition coefficient (Wildman–Crippen LogP) is 3.06. The maximum atomic E-state index is 13.7. The van der Waals surface area contributed by atoms with Gasteiger partial charge in [0.1, 0.15) is 71.7 Å². The SMILES string of the molecule is CO[C@H]1C[C@H](O[C@H]2CC[C@@]3(C)C(=CC[C@]4(O)[C@@H]3C[C@@H](OC(=O)C=Cc3ccccc3)[C@@]3(C)[C@]4(O)CC[C@@]3(O)C(C)=O)C2)O[C@H](C)[C@H]1O[C@H]1C[C@@H](OC)[C@H](O[C@H]2C[C@@H](OC)[C@H](O[C@H]3C[C@@H](OC)[C@H](O[C@@H]4O[C@H](CO)[C@@H](O)[C@H](O)[C@H]4O)[C@@H](C)O3)[C@@H](C)O2)[C@@H](C)O1. The number of ether oxygens (including phenoxy) is 15. The molecule has 1 aromatic carbocycles. The number of rotatable bonds is 19. The molecule has 8 fully saturated rings. The van der Waals surface area contributed by atoms with Gasteiger partial charge in [0, 0.05) is 66.1 Å². The summed E-state index contributed by atoms with van der Waals surface area (Å²) in [6.07, 6.45) is -10.3. The molecule has 0 spiro atoms. The second-order valence-corrected chi connectivity index (χ2v) is 26.4. The minimum atomic E-state index is -2.06. The first-order valence-electron chi connectivity index (χ1n) is 31.4. The van der Waals surface area contributed by atoms with Crippen molar-refractivity contribution in [2.75, 3.05) is 35.0 Å². The van der Waals surface area contributed by atoms with Crippen LogP contribution in [0.4, 0.5) is 0 Å². The van der Waals surface area contributed by atoms with E-state index >= 15 is 0 Å². The summed E-state index contributed by atoms with van der Waals surface area (Å²) < 4.78 is 94.3. The zero-order chi connectivity index (χ0) is 63.4. The predicted molar refractivity (Wildman–Crippen MR) is 308 cm³/mol. The van der Waals surface area contributed by atoms with Crippen LogP contribution < -0.4 is 0 Å². The van der Waals surface area contributed by atoms with Crippen LogP contribution >= 0.6 is 0 Å². The van der Waals surface area contributed by atoms with Gasteiger partial charge in [-0.15, -0.1) is 0 Å². The summed E-state index contributed by atoms with van der Waals surface area (Å²) in [7, 11) is 6.34. The molecule has 0 radical (unpaired) electrons. The molecule has 4 aliphatic carbocycles. The zero-order valence-electron chi connectivity index (χ0n) is 52.5. The number of ketones is 1. The summed E-state index contributed by atoms with van der Waals surface area (Å²) in [6, 6.07) is 9.27. The van der Waals surface area contributed by atoms with Crippen LogP contribution in [-0.2, 0) is 80.6 Å². The number of carbonyl (C=O) groups excluding carboxylic acids is 2. The molecule has 88 heavy (non-hydrogen) atoms. The second kappa shape index (κ2) is 27.1. The van der Waals surface area contributed by atoms with Gasteiger partial charge in [-0.25, -0.2) is 4.79 Å². The van der Waals surface area contributed by atoms with Crippen LogP contribution in [0.5, 0.6) is 0 Å². The largest absolute Gasteiger partial charge is 0.458 e. The molecule has 29 atom stereocenters. The van der Waals surface area contributed by atoms with Crippen molar-refractivity contribution in [3.8, 4) is 0 Å². The Kier molecular flexibility index (Phi) is 20.9. The molecule has 3 saturated carbocycles. The summed E-state index contributed by atoms with van der Waals surface area (Å²) >= 11 is 0. The van der Waals surface area contributed by atoms with Crippen LogP contribution in [0.1, 0.15) is 125 Å². The monoisotopic (exact) mass is 1250 g/mol. The van der Waals surface area contributed by atoms with Gasteiger partial charge in [-0.3, -0.25) is 4.79 Å².